The van der Waals surface area contributed by atoms with Crippen LogP contribution < -0.4 is 0 Å². The van der Waals surface area contributed by atoms with Gasteiger partial charge < -0.3 is 5.11 Å². The minimum atomic E-state index is -0.726. The molecule has 1 aromatic heterocycles. The molecule has 0 saturated heterocycles. The number of carbonyl (C=O) groups is 1. The Labute approximate surface area is 89.2 Å². The van der Waals surface area contributed by atoms with E-state index in [4.69, 9.17) is 5.11 Å². The predicted molar refractivity (Wildman–Crippen MR) is 56.8 cm³/mol. The molecular formula is C12H15NO2. The Balaban J connectivity index is 2.19. The van der Waals surface area contributed by atoms with Crippen LogP contribution in [0.5, 0.6) is 0 Å². The van der Waals surface area contributed by atoms with Gasteiger partial charge in [0.25, 0.3) is 0 Å². The van der Waals surface area contributed by atoms with Gasteiger partial charge >= 0.3 is 5.97 Å². The third-order valence-electron chi connectivity index (χ3n) is 2.94. The Morgan fingerprint density at radius 2 is 2.20 bits per heavy atom. The molecule has 1 aromatic rings. The number of aliphatic carboxylic acids is 1. The van der Waals surface area contributed by atoms with Crippen molar-refractivity contribution in [3.05, 3.63) is 29.1 Å². The quantitative estimate of drug-likeness (QED) is 0.820. The molecule has 1 N–H and O–H groups in total. The van der Waals surface area contributed by atoms with Gasteiger partial charge in [-0.15, -0.1) is 0 Å². The maximum atomic E-state index is 10.5. The summed E-state index contributed by atoms with van der Waals surface area (Å²) in [6, 6.07) is 1.97. The summed E-state index contributed by atoms with van der Waals surface area (Å²) < 4.78 is 0. The largest absolute Gasteiger partial charge is 0.481 e. The minimum Gasteiger partial charge on any atom is -0.481 e. The van der Waals surface area contributed by atoms with Crippen molar-refractivity contribution in [2.45, 2.75) is 38.5 Å². The third kappa shape index (κ3) is 2.35. The number of rotatable bonds is 3. The van der Waals surface area contributed by atoms with Crippen molar-refractivity contribution in [2.75, 3.05) is 0 Å². The molecule has 0 bridgehead atoms. The van der Waals surface area contributed by atoms with Crippen molar-refractivity contribution >= 4 is 5.97 Å². The highest BCUT2D eigenvalue weighted by Crippen LogP contribution is 2.23. The van der Waals surface area contributed by atoms with Crippen LogP contribution in [0.4, 0.5) is 0 Å². The van der Waals surface area contributed by atoms with E-state index >= 15 is 0 Å². The van der Waals surface area contributed by atoms with Crippen LogP contribution in [0.1, 0.15) is 36.1 Å². The summed E-state index contributed by atoms with van der Waals surface area (Å²) in [7, 11) is 0. The van der Waals surface area contributed by atoms with E-state index in [0.717, 1.165) is 12.8 Å². The van der Waals surface area contributed by atoms with Gasteiger partial charge in [0.15, 0.2) is 0 Å². The number of hydrogen-bond donors (Lipinski definition) is 1. The summed E-state index contributed by atoms with van der Waals surface area (Å²) in [6.07, 6.45) is 7.20. The van der Waals surface area contributed by atoms with Gasteiger partial charge in [-0.2, -0.15) is 0 Å². The number of carboxylic acids is 1. The van der Waals surface area contributed by atoms with Crippen molar-refractivity contribution in [1.29, 1.82) is 0 Å². The fraction of sp³-hybridized carbons (Fsp3) is 0.500. The molecule has 3 nitrogen and oxygen atoms in total. The van der Waals surface area contributed by atoms with Gasteiger partial charge in [-0.05, 0) is 49.3 Å². The summed E-state index contributed by atoms with van der Waals surface area (Å²) in [6.45, 7) is 0. The van der Waals surface area contributed by atoms with E-state index in [1.807, 2.05) is 6.07 Å². The van der Waals surface area contributed by atoms with Crippen LogP contribution in [0.15, 0.2) is 12.3 Å². The van der Waals surface area contributed by atoms with Gasteiger partial charge in [0, 0.05) is 18.3 Å². The molecule has 80 valence electrons. The van der Waals surface area contributed by atoms with Crippen LogP contribution >= 0.6 is 0 Å². The molecular weight excluding hydrogens is 190 g/mol. The van der Waals surface area contributed by atoms with Crippen LogP contribution in [-0.2, 0) is 24.1 Å². The fourth-order valence-electron chi connectivity index (χ4n) is 2.17. The van der Waals surface area contributed by atoms with Crippen molar-refractivity contribution < 1.29 is 9.90 Å². The predicted octanol–water partition coefficient (Wildman–Crippen LogP) is 1.98. The zero-order chi connectivity index (χ0) is 10.7. The lowest BCUT2D eigenvalue weighted by Gasteiger charge is -2.17. The van der Waals surface area contributed by atoms with Gasteiger partial charge in [0.2, 0.25) is 0 Å². The minimum absolute atomic E-state index is 0.219. The van der Waals surface area contributed by atoms with Gasteiger partial charge in [-0.25, -0.2) is 0 Å². The van der Waals surface area contributed by atoms with E-state index in [-0.39, 0.29) is 6.42 Å². The molecule has 0 aromatic carbocycles. The van der Waals surface area contributed by atoms with Crippen molar-refractivity contribution in [1.82, 2.24) is 4.98 Å². The van der Waals surface area contributed by atoms with E-state index in [0.29, 0.717) is 6.42 Å². The van der Waals surface area contributed by atoms with Crippen LogP contribution in [-0.4, -0.2) is 16.1 Å². The first-order chi connectivity index (χ1) is 7.27. The fourth-order valence-corrected chi connectivity index (χ4v) is 2.17. The third-order valence-corrected chi connectivity index (χ3v) is 2.94. The van der Waals surface area contributed by atoms with Gasteiger partial charge in [0.05, 0.1) is 0 Å². The van der Waals surface area contributed by atoms with Crippen LogP contribution in [0.3, 0.4) is 0 Å². The molecule has 1 aliphatic carbocycles. The Morgan fingerprint density at radius 1 is 1.40 bits per heavy atom. The summed E-state index contributed by atoms with van der Waals surface area (Å²) in [5.41, 5.74) is 3.68. The van der Waals surface area contributed by atoms with E-state index in [1.54, 1.807) is 6.20 Å². The number of aromatic nitrogens is 1. The van der Waals surface area contributed by atoms with Crippen molar-refractivity contribution in [3.8, 4) is 0 Å². The summed E-state index contributed by atoms with van der Waals surface area (Å²) in [4.78, 5) is 14.9. The molecule has 0 unspecified atom stereocenters. The van der Waals surface area contributed by atoms with E-state index in [1.165, 1.54) is 29.7 Å². The average Bonchev–Trinajstić information content (AvgIpc) is 2.26. The molecule has 0 saturated carbocycles. The Hall–Kier alpha value is -1.38. The standard InChI is InChI=1S/C12H15NO2/c14-12(15)6-5-9-7-8-13-11-4-2-1-3-10(9)11/h7-8H,1-6H2,(H,14,15). The summed E-state index contributed by atoms with van der Waals surface area (Å²) >= 11 is 0. The highest BCUT2D eigenvalue weighted by molar-refractivity contribution is 5.67. The highest BCUT2D eigenvalue weighted by Gasteiger charge is 2.14. The lowest BCUT2D eigenvalue weighted by atomic mass is 9.91. The Kier molecular flexibility index (Phi) is 2.99. The Morgan fingerprint density at radius 3 is 3.00 bits per heavy atom. The lowest BCUT2D eigenvalue weighted by molar-refractivity contribution is -0.136. The summed E-state index contributed by atoms with van der Waals surface area (Å²) in [5, 5.41) is 8.66. The van der Waals surface area contributed by atoms with Gasteiger partial charge in [-0.3, -0.25) is 9.78 Å². The molecule has 0 amide bonds. The second kappa shape index (κ2) is 4.43. The molecule has 15 heavy (non-hydrogen) atoms. The monoisotopic (exact) mass is 205 g/mol. The van der Waals surface area contributed by atoms with Gasteiger partial charge in [-0.1, -0.05) is 0 Å². The smallest absolute Gasteiger partial charge is 0.303 e. The molecule has 3 heteroatoms. The van der Waals surface area contributed by atoms with Crippen LogP contribution in [0.2, 0.25) is 0 Å². The molecule has 0 fully saturated rings. The number of nitrogens with zero attached hydrogens (tertiary/aromatic N) is 1. The SMILES string of the molecule is O=C(O)CCc1ccnc2c1CCCC2. The molecule has 1 heterocycles. The average molecular weight is 205 g/mol. The molecule has 0 radical (unpaired) electrons. The first-order valence-electron chi connectivity index (χ1n) is 5.45. The van der Waals surface area contributed by atoms with Crippen molar-refractivity contribution in [3.63, 3.8) is 0 Å². The second-order valence-corrected chi connectivity index (χ2v) is 4.00. The van der Waals surface area contributed by atoms with E-state index < -0.39 is 5.97 Å². The zero-order valence-corrected chi connectivity index (χ0v) is 8.70. The first kappa shape index (κ1) is 10.1. The molecule has 1 aliphatic rings. The topological polar surface area (TPSA) is 50.2 Å². The molecule has 0 spiro atoms. The lowest BCUT2D eigenvalue weighted by Crippen LogP contribution is -2.09. The normalized spacial score (nSPS) is 14.7. The van der Waals surface area contributed by atoms with Crippen molar-refractivity contribution in [2.24, 2.45) is 0 Å². The number of carboxylic acid groups (broad SMARTS) is 1. The molecule has 2 rings (SSSR count). The highest BCUT2D eigenvalue weighted by atomic mass is 16.4. The number of hydrogen-bond acceptors (Lipinski definition) is 2. The zero-order valence-electron chi connectivity index (χ0n) is 8.70. The molecule has 0 atom stereocenters. The summed E-state index contributed by atoms with van der Waals surface area (Å²) in [5.74, 6) is -0.726. The number of aryl methyl sites for hydroxylation is 2. The number of fused-ring (bicyclic) bond motifs is 1. The maximum Gasteiger partial charge on any atom is 0.303 e. The Bertz CT molecular complexity index is 374. The van der Waals surface area contributed by atoms with E-state index in [9.17, 15) is 4.79 Å². The molecule has 0 aliphatic heterocycles. The van der Waals surface area contributed by atoms with Crippen LogP contribution in [0, 0.1) is 0 Å². The second-order valence-electron chi connectivity index (χ2n) is 4.00. The number of pyridine rings is 1. The first-order valence-corrected chi connectivity index (χ1v) is 5.45. The maximum absolute atomic E-state index is 10.5. The van der Waals surface area contributed by atoms with Crippen LogP contribution in [0.25, 0.3) is 0 Å². The van der Waals surface area contributed by atoms with Gasteiger partial charge in [0.1, 0.15) is 0 Å². The van der Waals surface area contributed by atoms with E-state index in [2.05, 4.69) is 4.98 Å².